The molecule has 1 fully saturated rings. The van der Waals surface area contributed by atoms with Crippen LogP contribution in [0.3, 0.4) is 0 Å². The summed E-state index contributed by atoms with van der Waals surface area (Å²) in [5, 5.41) is 15.9. The van der Waals surface area contributed by atoms with E-state index in [1.807, 2.05) is 36.4 Å². The van der Waals surface area contributed by atoms with Crippen LogP contribution in [0.5, 0.6) is 0 Å². The second kappa shape index (κ2) is 8.90. The van der Waals surface area contributed by atoms with Gasteiger partial charge in [-0.15, -0.1) is 0 Å². The Kier molecular flexibility index (Phi) is 5.76. The minimum atomic E-state index is -1.27. The molecule has 2 heterocycles. The van der Waals surface area contributed by atoms with Crippen molar-refractivity contribution in [2.45, 2.75) is 37.8 Å². The minimum Gasteiger partial charge on any atom is -0.480 e. The summed E-state index contributed by atoms with van der Waals surface area (Å²) in [6.45, 7) is 2.03. The lowest BCUT2D eigenvalue weighted by atomic mass is 9.98. The highest BCUT2D eigenvalue weighted by atomic mass is 16.5. The van der Waals surface area contributed by atoms with E-state index in [1.165, 1.54) is 17.9 Å². The molecule has 0 spiro atoms. The molecule has 0 radical (unpaired) electrons. The van der Waals surface area contributed by atoms with E-state index >= 15 is 0 Å². The normalized spacial score (nSPS) is 18.7. The molecule has 3 aromatic rings. The van der Waals surface area contributed by atoms with Crippen molar-refractivity contribution >= 4 is 18.0 Å². The predicted octanol–water partition coefficient (Wildman–Crippen LogP) is 3.79. The molecule has 35 heavy (non-hydrogen) atoms. The van der Waals surface area contributed by atoms with E-state index in [2.05, 4.69) is 22.6 Å². The Morgan fingerprint density at radius 1 is 1.14 bits per heavy atom. The van der Waals surface area contributed by atoms with Gasteiger partial charge in [0.2, 0.25) is 0 Å². The van der Waals surface area contributed by atoms with Crippen LogP contribution in [-0.2, 0) is 16.1 Å². The Bertz CT molecular complexity index is 1260. The second-order valence-electron chi connectivity index (χ2n) is 9.00. The first kappa shape index (κ1) is 22.6. The summed E-state index contributed by atoms with van der Waals surface area (Å²) in [7, 11) is 0. The van der Waals surface area contributed by atoms with Gasteiger partial charge in [0.1, 0.15) is 12.1 Å². The summed E-state index contributed by atoms with van der Waals surface area (Å²) in [6, 6.07) is 17.6. The zero-order valence-corrected chi connectivity index (χ0v) is 19.2. The third-order valence-electron chi connectivity index (χ3n) is 6.88. The maximum atomic E-state index is 12.8. The lowest BCUT2D eigenvalue weighted by Crippen LogP contribution is -2.50. The zero-order chi connectivity index (χ0) is 24.6. The van der Waals surface area contributed by atoms with Crippen molar-refractivity contribution in [1.29, 1.82) is 0 Å². The van der Waals surface area contributed by atoms with Crippen LogP contribution in [0.4, 0.5) is 4.79 Å². The summed E-state index contributed by atoms with van der Waals surface area (Å²) in [6.07, 6.45) is 0.360. The van der Waals surface area contributed by atoms with Crippen LogP contribution < -0.4 is 5.32 Å². The average Bonchev–Trinajstić information content (AvgIpc) is 3.57. The molecule has 5 rings (SSSR count). The van der Waals surface area contributed by atoms with E-state index in [0.717, 1.165) is 22.3 Å². The summed E-state index contributed by atoms with van der Waals surface area (Å²) in [4.78, 5) is 38.1. The van der Waals surface area contributed by atoms with Gasteiger partial charge in [-0.1, -0.05) is 53.7 Å². The topological polar surface area (TPSA) is 122 Å². The third-order valence-corrected chi connectivity index (χ3v) is 6.88. The Balaban J connectivity index is 1.18. The number of rotatable bonds is 6. The predicted molar refractivity (Wildman–Crippen MR) is 125 cm³/mol. The van der Waals surface area contributed by atoms with E-state index in [4.69, 9.17) is 9.26 Å². The quantitative estimate of drug-likeness (QED) is 0.556. The number of carboxylic acid groups (broad SMARTS) is 1. The van der Waals surface area contributed by atoms with E-state index in [9.17, 15) is 19.5 Å². The number of aromatic nitrogens is 1. The van der Waals surface area contributed by atoms with Crippen molar-refractivity contribution in [2.24, 2.45) is 0 Å². The van der Waals surface area contributed by atoms with Gasteiger partial charge in [-0.25, -0.2) is 9.59 Å². The molecule has 0 bridgehead atoms. The number of alkyl carbamates (subject to hydrolysis) is 1. The Morgan fingerprint density at radius 2 is 1.80 bits per heavy atom. The number of hydrogen-bond acceptors (Lipinski definition) is 6. The molecule has 2 N–H and O–H groups in total. The number of amides is 2. The zero-order valence-electron chi connectivity index (χ0n) is 19.2. The van der Waals surface area contributed by atoms with Gasteiger partial charge < -0.3 is 24.6 Å². The molecular weight excluding hydrogens is 450 g/mol. The van der Waals surface area contributed by atoms with Crippen molar-refractivity contribution in [2.75, 3.05) is 13.2 Å². The van der Waals surface area contributed by atoms with E-state index in [1.54, 1.807) is 0 Å². The van der Waals surface area contributed by atoms with Gasteiger partial charge >= 0.3 is 12.1 Å². The molecule has 2 aromatic carbocycles. The van der Waals surface area contributed by atoms with Crippen LogP contribution in [0, 0.1) is 0 Å². The number of ether oxygens (including phenoxy) is 1. The smallest absolute Gasteiger partial charge is 0.407 e. The number of carbonyl (C=O) groups excluding carboxylic acids is 2. The number of aliphatic carboxylic acids is 1. The highest BCUT2D eigenvalue weighted by Crippen LogP contribution is 2.44. The maximum Gasteiger partial charge on any atom is 0.407 e. The van der Waals surface area contributed by atoms with Crippen LogP contribution in [-0.4, -0.2) is 51.8 Å². The molecule has 1 aromatic heterocycles. The Hall–Kier alpha value is -4.14. The molecule has 1 saturated heterocycles. The van der Waals surface area contributed by atoms with Gasteiger partial charge in [-0.05, 0) is 42.0 Å². The summed E-state index contributed by atoms with van der Waals surface area (Å²) in [5.74, 6) is -1.35. The van der Waals surface area contributed by atoms with Gasteiger partial charge in [0.15, 0.2) is 11.5 Å². The Labute approximate surface area is 201 Å². The van der Waals surface area contributed by atoms with Gasteiger partial charge in [-0.2, -0.15) is 0 Å². The van der Waals surface area contributed by atoms with Gasteiger partial charge in [0.05, 0.1) is 6.54 Å². The summed E-state index contributed by atoms with van der Waals surface area (Å²) >= 11 is 0. The summed E-state index contributed by atoms with van der Waals surface area (Å²) in [5.41, 5.74) is 3.27. The van der Waals surface area contributed by atoms with Crippen LogP contribution >= 0.6 is 0 Å². The van der Waals surface area contributed by atoms with Crippen molar-refractivity contribution in [1.82, 2.24) is 15.4 Å². The van der Waals surface area contributed by atoms with Crippen molar-refractivity contribution in [3.05, 3.63) is 77.2 Å². The first-order valence-electron chi connectivity index (χ1n) is 11.5. The molecule has 0 unspecified atom stereocenters. The fourth-order valence-electron chi connectivity index (χ4n) is 4.96. The van der Waals surface area contributed by atoms with Crippen LogP contribution in [0.25, 0.3) is 11.1 Å². The van der Waals surface area contributed by atoms with Crippen molar-refractivity contribution < 1.29 is 28.8 Å². The number of hydrogen-bond donors (Lipinski definition) is 2. The number of fused-ring (bicyclic) bond motifs is 3. The Morgan fingerprint density at radius 3 is 2.46 bits per heavy atom. The van der Waals surface area contributed by atoms with Crippen LogP contribution in [0.2, 0.25) is 0 Å². The molecule has 2 amide bonds. The fraction of sp³-hybridized carbons (Fsp3) is 0.308. The largest absolute Gasteiger partial charge is 0.480 e. The number of benzene rings is 2. The lowest BCUT2D eigenvalue weighted by molar-refractivity contribution is -0.147. The van der Waals surface area contributed by atoms with Gasteiger partial charge in [0, 0.05) is 18.5 Å². The molecule has 1 atom stereocenters. The number of carbonyl (C=O) groups is 3. The van der Waals surface area contributed by atoms with E-state index < -0.39 is 23.5 Å². The fourth-order valence-corrected chi connectivity index (χ4v) is 4.96. The molecular formula is C26H25N3O6. The van der Waals surface area contributed by atoms with Crippen LogP contribution in [0.1, 0.15) is 53.1 Å². The lowest BCUT2D eigenvalue weighted by Gasteiger charge is -2.30. The third kappa shape index (κ3) is 4.03. The number of likely N-dealkylation sites (tertiary alicyclic amines) is 1. The highest BCUT2D eigenvalue weighted by Gasteiger charge is 2.46. The maximum absolute atomic E-state index is 12.8. The van der Waals surface area contributed by atoms with Gasteiger partial charge in [-0.3, -0.25) is 4.79 Å². The highest BCUT2D eigenvalue weighted by molar-refractivity contribution is 5.96. The monoisotopic (exact) mass is 475 g/mol. The summed E-state index contributed by atoms with van der Waals surface area (Å²) < 4.78 is 10.7. The van der Waals surface area contributed by atoms with E-state index in [-0.39, 0.29) is 30.5 Å². The number of nitrogens with one attached hydrogen (secondary N) is 1. The second-order valence-corrected chi connectivity index (χ2v) is 9.00. The first-order chi connectivity index (χ1) is 16.9. The molecule has 1 aliphatic carbocycles. The van der Waals surface area contributed by atoms with Crippen LogP contribution in [0.15, 0.2) is 59.1 Å². The average molecular weight is 476 g/mol. The molecule has 0 saturated carbocycles. The molecule has 180 valence electrons. The number of carboxylic acids is 1. The van der Waals surface area contributed by atoms with Gasteiger partial charge in [0.25, 0.3) is 5.91 Å². The molecule has 2 aliphatic rings. The minimum absolute atomic E-state index is 0.00344. The van der Waals surface area contributed by atoms with Crippen molar-refractivity contribution in [3.8, 4) is 11.1 Å². The van der Waals surface area contributed by atoms with E-state index in [0.29, 0.717) is 19.4 Å². The van der Waals surface area contributed by atoms with Crippen molar-refractivity contribution in [3.63, 3.8) is 0 Å². The number of nitrogens with zero attached hydrogens (tertiary/aromatic N) is 2. The molecule has 1 aliphatic heterocycles. The molecule has 9 heteroatoms. The standard InChI is InChI=1S/C26H25N3O6/c1-26(24(31)32)11-6-12-29(26)23(30)22-13-16(35-28-22)14-27-25(33)34-15-21-19-9-4-2-7-17(19)18-8-3-5-10-20(18)21/h2-5,7-10,13,21H,6,11-12,14-15H2,1H3,(H,27,33)(H,31,32)/t26-/m0/s1. The first-order valence-corrected chi connectivity index (χ1v) is 11.5. The SMILES string of the molecule is C[C@@]1(C(=O)O)CCCN1C(=O)c1cc(CNC(=O)OCC2c3ccccc3-c3ccccc32)on1. The molecule has 9 nitrogen and oxygen atoms in total.